The Balaban J connectivity index is 1.89. The van der Waals surface area contributed by atoms with E-state index in [1.54, 1.807) is 0 Å². The Morgan fingerprint density at radius 1 is 1.32 bits per heavy atom. The summed E-state index contributed by atoms with van der Waals surface area (Å²) in [5, 5.41) is 3.87. The minimum Gasteiger partial charge on any atom is -0.365 e. The molecule has 3 heteroatoms. The maximum atomic E-state index is 3.87. The molecule has 0 amide bonds. The van der Waals surface area contributed by atoms with Gasteiger partial charge in [-0.1, -0.05) is 31.9 Å². The lowest BCUT2D eigenvalue weighted by atomic mass is 9.91. The Kier molecular flexibility index (Phi) is 4.03. The SMILES string of the molecule is CCC1CNC2(CCCC2)CN1c1ccccc1I. The van der Waals surface area contributed by atoms with E-state index in [1.165, 1.54) is 47.9 Å². The average molecular weight is 370 g/mol. The highest BCUT2D eigenvalue weighted by atomic mass is 127. The van der Waals surface area contributed by atoms with Crippen molar-refractivity contribution in [2.24, 2.45) is 0 Å². The van der Waals surface area contributed by atoms with E-state index in [-0.39, 0.29) is 0 Å². The molecular formula is C16H23IN2. The maximum absolute atomic E-state index is 3.87. The molecule has 104 valence electrons. The molecule has 0 radical (unpaired) electrons. The molecule has 1 saturated carbocycles. The lowest BCUT2D eigenvalue weighted by Gasteiger charge is -2.47. The van der Waals surface area contributed by atoms with Crippen molar-refractivity contribution in [2.75, 3.05) is 18.0 Å². The smallest absolute Gasteiger partial charge is 0.0505 e. The zero-order chi connectivity index (χ0) is 13.3. The maximum Gasteiger partial charge on any atom is 0.0505 e. The number of nitrogens with one attached hydrogen (secondary N) is 1. The standard InChI is InChI=1S/C16H23IN2/c1-2-13-11-18-16(9-5-6-10-16)12-19(13)15-8-4-3-7-14(15)17/h3-4,7-8,13,18H,2,5-6,9-12H2,1H3. The third-order valence-corrected chi connectivity index (χ3v) is 5.73. The van der Waals surface area contributed by atoms with Gasteiger partial charge in [-0.2, -0.15) is 0 Å². The highest BCUT2D eigenvalue weighted by Crippen LogP contribution is 2.36. The zero-order valence-electron chi connectivity index (χ0n) is 11.7. The Morgan fingerprint density at radius 2 is 2.05 bits per heavy atom. The van der Waals surface area contributed by atoms with Gasteiger partial charge in [0.1, 0.15) is 0 Å². The summed E-state index contributed by atoms with van der Waals surface area (Å²) < 4.78 is 1.38. The lowest BCUT2D eigenvalue weighted by Crippen LogP contribution is -2.63. The normalized spacial score (nSPS) is 26.0. The van der Waals surface area contributed by atoms with Gasteiger partial charge in [-0.05, 0) is 54.0 Å². The van der Waals surface area contributed by atoms with Gasteiger partial charge in [-0.15, -0.1) is 0 Å². The number of anilines is 1. The summed E-state index contributed by atoms with van der Waals surface area (Å²) in [5.74, 6) is 0. The van der Waals surface area contributed by atoms with Crippen molar-refractivity contribution in [1.82, 2.24) is 5.32 Å². The number of rotatable bonds is 2. The van der Waals surface area contributed by atoms with Crippen LogP contribution in [0.25, 0.3) is 0 Å². The zero-order valence-corrected chi connectivity index (χ0v) is 13.8. The molecule has 1 saturated heterocycles. The quantitative estimate of drug-likeness (QED) is 0.797. The van der Waals surface area contributed by atoms with Crippen LogP contribution in [0.15, 0.2) is 24.3 Å². The minimum absolute atomic E-state index is 0.393. The molecule has 2 fully saturated rings. The Labute approximate surface area is 130 Å². The van der Waals surface area contributed by atoms with Gasteiger partial charge >= 0.3 is 0 Å². The van der Waals surface area contributed by atoms with Crippen molar-refractivity contribution in [3.63, 3.8) is 0 Å². The van der Waals surface area contributed by atoms with E-state index in [2.05, 4.69) is 64.0 Å². The highest BCUT2D eigenvalue weighted by Gasteiger charge is 2.40. The van der Waals surface area contributed by atoms with E-state index >= 15 is 0 Å². The van der Waals surface area contributed by atoms with Crippen LogP contribution in [0.1, 0.15) is 39.0 Å². The van der Waals surface area contributed by atoms with E-state index < -0.39 is 0 Å². The third-order valence-electron chi connectivity index (χ3n) is 4.82. The number of nitrogens with zero attached hydrogens (tertiary/aromatic N) is 1. The highest BCUT2D eigenvalue weighted by molar-refractivity contribution is 14.1. The van der Waals surface area contributed by atoms with Crippen molar-refractivity contribution in [3.8, 4) is 0 Å². The predicted molar refractivity (Wildman–Crippen MR) is 89.8 cm³/mol. The van der Waals surface area contributed by atoms with Crippen LogP contribution in [0.2, 0.25) is 0 Å². The van der Waals surface area contributed by atoms with Crippen molar-refractivity contribution in [3.05, 3.63) is 27.8 Å². The van der Waals surface area contributed by atoms with E-state index in [4.69, 9.17) is 0 Å². The summed E-state index contributed by atoms with van der Waals surface area (Å²) in [4.78, 5) is 2.67. The molecule has 1 aromatic rings. The topological polar surface area (TPSA) is 15.3 Å². The van der Waals surface area contributed by atoms with Crippen molar-refractivity contribution in [2.45, 2.75) is 50.6 Å². The molecule has 1 aromatic carbocycles. The molecule has 1 unspecified atom stereocenters. The van der Waals surface area contributed by atoms with Crippen molar-refractivity contribution >= 4 is 28.3 Å². The van der Waals surface area contributed by atoms with Gasteiger partial charge in [-0.3, -0.25) is 0 Å². The van der Waals surface area contributed by atoms with Gasteiger partial charge in [0.2, 0.25) is 0 Å². The lowest BCUT2D eigenvalue weighted by molar-refractivity contribution is 0.267. The summed E-state index contributed by atoms with van der Waals surface area (Å²) in [6, 6.07) is 9.47. The number of hydrogen-bond donors (Lipinski definition) is 1. The van der Waals surface area contributed by atoms with Gasteiger partial charge in [0.15, 0.2) is 0 Å². The number of benzene rings is 1. The second-order valence-electron chi connectivity index (χ2n) is 6.01. The minimum atomic E-state index is 0.393. The molecule has 0 aromatic heterocycles. The number of hydrogen-bond acceptors (Lipinski definition) is 2. The molecule has 2 aliphatic rings. The van der Waals surface area contributed by atoms with Crippen LogP contribution in [-0.2, 0) is 0 Å². The van der Waals surface area contributed by atoms with Gasteiger partial charge in [0, 0.05) is 28.2 Å². The van der Waals surface area contributed by atoms with Crippen LogP contribution >= 0.6 is 22.6 Å². The van der Waals surface area contributed by atoms with E-state index in [9.17, 15) is 0 Å². The van der Waals surface area contributed by atoms with E-state index in [0.29, 0.717) is 11.6 Å². The second-order valence-corrected chi connectivity index (χ2v) is 7.17. The number of piperazine rings is 1. The first kappa shape index (κ1) is 13.7. The molecular weight excluding hydrogens is 347 g/mol. The first-order valence-corrected chi connectivity index (χ1v) is 8.58. The van der Waals surface area contributed by atoms with E-state index in [1.807, 2.05) is 0 Å². The molecule has 2 nitrogen and oxygen atoms in total. The summed E-state index contributed by atoms with van der Waals surface area (Å²) in [5.41, 5.74) is 1.83. The summed E-state index contributed by atoms with van der Waals surface area (Å²) in [6.45, 7) is 4.63. The third kappa shape index (κ3) is 2.64. The fourth-order valence-corrected chi connectivity index (χ4v) is 4.37. The van der Waals surface area contributed by atoms with Crippen molar-refractivity contribution in [1.29, 1.82) is 0 Å². The van der Waals surface area contributed by atoms with Gasteiger partial charge in [0.05, 0.1) is 5.69 Å². The van der Waals surface area contributed by atoms with Crippen LogP contribution in [0, 0.1) is 3.57 Å². The van der Waals surface area contributed by atoms with E-state index in [0.717, 1.165) is 6.54 Å². The van der Waals surface area contributed by atoms with Gasteiger partial charge < -0.3 is 10.2 Å². The molecule has 3 rings (SSSR count). The second kappa shape index (κ2) is 5.60. The average Bonchev–Trinajstić information content (AvgIpc) is 2.88. The summed E-state index contributed by atoms with van der Waals surface area (Å²) in [6.07, 6.45) is 6.70. The predicted octanol–water partition coefficient (Wildman–Crippen LogP) is 3.79. The Hall–Kier alpha value is -0.290. The van der Waals surface area contributed by atoms with Crippen LogP contribution in [-0.4, -0.2) is 24.7 Å². The molecule has 1 aliphatic heterocycles. The molecule has 1 N–H and O–H groups in total. The summed E-state index contributed by atoms with van der Waals surface area (Å²) >= 11 is 2.48. The molecule has 0 bridgehead atoms. The molecule has 1 aliphatic carbocycles. The molecule has 1 atom stereocenters. The Bertz CT molecular complexity index is 440. The van der Waals surface area contributed by atoms with Gasteiger partial charge in [-0.25, -0.2) is 0 Å². The van der Waals surface area contributed by atoms with Gasteiger partial charge in [0.25, 0.3) is 0 Å². The first-order chi connectivity index (χ1) is 9.24. The van der Waals surface area contributed by atoms with Crippen LogP contribution in [0.3, 0.4) is 0 Å². The fraction of sp³-hybridized carbons (Fsp3) is 0.625. The Morgan fingerprint density at radius 3 is 2.74 bits per heavy atom. The largest absolute Gasteiger partial charge is 0.365 e. The monoisotopic (exact) mass is 370 g/mol. The number of halogens is 1. The van der Waals surface area contributed by atoms with Crippen LogP contribution in [0.4, 0.5) is 5.69 Å². The molecule has 19 heavy (non-hydrogen) atoms. The fourth-order valence-electron chi connectivity index (χ4n) is 3.67. The van der Waals surface area contributed by atoms with Crippen LogP contribution in [0.5, 0.6) is 0 Å². The molecule has 1 spiro atoms. The number of para-hydroxylation sites is 1. The van der Waals surface area contributed by atoms with Crippen molar-refractivity contribution < 1.29 is 0 Å². The first-order valence-electron chi connectivity index (χ1n) is 7.50. The molecule has 1 heterocycles. The van der Waals surface area contributed by atoms with Crippen LogP contribution < -0.4 is 10.2 Å². The summed E-state index contributed by atoms with van der Waals surface area (Å²) in [7, 11) is 0.